The molecule has 25 heavy (non-hydrogen) atoms. The Morgan fingerprint density at radius 3 is 2.20 bits per heavy atom. The van der Waals surface area contributed by atoms with Crippen molar-refractivity contribution in [3.63, 3.8) is 0 Å². The summed E-state index contributed by atoms with van der Waals surface area (Å²) in [6.45, 7) is 1.69. The van der Waals surface area contributed by atoms with E-state index < -0.39 is 6.04 Å². The highest BCUT2D eigenvalue weighted by atomic mass is 16.2. The quantitative estimate of drug-likeness (QED) is 0.737. The average molecular weight is 333 g/mol. The Kier molecular flexibility index (Phi) is 4.75. The Morgan fingerprint density at radius 2 is 1.56 bits per heavy atom. The van der Waals surface area contributed by atoms with Gasteiger partial charge in [-0.1, -0.05) is 48.5 Å². The van der Waals surface area contributed by atoms with Crippen LogP contribution in [0.15, 0.2) is 77.6 Å². The standard InChI is InChI=1S/C20H19N3O2/c1-15(20(25)22(2)17-11-7-4-8-12-17)23-19(24)14-13-18(21-23)16-9-5-3-6-10-16/h3-15H,1-2H3. The number of aromatic nitrogens is 2. The summed E-state index contributed by atoms with van der Waals surface area (Å²) in [6, 6.07) is 21.3. The zero-order chi connectivity index (χ0) is 17.8. The fraction of sp³-hybridized carbons (Fsp3) is 0.150. The number of hydrogen-bond acceptors (Lipinski definition) is 3. The van der Waals surface area contributed by atoms with Crippen LogP contribution in [0.5, 0.6) is 0 Å². The molecule has 0 aliphatic carbocycles. The Balaban J connectivity index is 1.93. The molecule has 0 spiro atoms. The highest BCUT2D eigenvalue weighted by Gasteiger charge is 2.22. The summed E-state index contributed by atoms with van der Waals surface area (Å²) in [4.78, 5) is 26.5. The number of carbonyl (C=O) groups is 1. The van der Waals surface area contributed by atoms with Gasteiger partial charge in [-0.3, -0.25) is 9.59 Å². The minimum absolute atomic E-state index is 0.203. The number of anilines is 1. The Bertz CT molecular complexity index is 920. The molecule has 0 saturated carbocycles. The van der Waals surface area contributed by atoms with Gasteiger partial charge >= 0.3 is 0 Å². The van der Waals surface area contributed by atoms with Crippen LogP contribution in [0.4, 0.5) is 5.69 Å². The van der Waals surface area contributed by atoms with Crippen LogP contribution in [0, 0.1) is 0 Å². The first kappa shape index (κ1) is 16.6. The number of amides is 1. The summed E-state index contributed by atoms with van der Waals surface area (Å²) in [5.74, 6) is -0.203. The molecule has 0 aliphatic rings. The summed E-state index contributed by atoms with van der Waals surface area (Å²) in [7, 11) is 1.69. The smallest absolute Gasteiger partial charge is 0.267 e. The number of hydrogen-bond donors (Lipinski definition) is 0. The van der Waals surface area contributed by atoms with E-state index in [9.17, 15) is 9.59 Å². The molecule has 0 radical (unpaired) electrons. The first-order valence-corrected chi connectivity index (χ1v) is 8.06. The SMILES string of the molecule is CC(C(=O)N(C)c1ccccc1)n1nc(-c2ccccc2)ccc1=O. The maximum Gasteiger partial charge on any atom is 0.267 e. The minimum Gasteiger partial charge on any atom is -0.314 e. The van der Waals surface area contributed by atoms with Gasteiger partial charge in [-0.2, -0.15) is 5.10 Å². The Labute approximate surface area is 146 Å². The van der Waals surface area contributed by atoms with Gasteiger partial charge in [0.1, 0.15) is 6.04 Å². The van der Waals surface area contributed by atoms with Gasteiger partial charge in [-0.25, -0.2) is 4.68 Å². The van der Waals surface area contributed by atoms with Crippen LogP contribution in [0.3, 0.4) is 0 Å². The third-order valence-electron chi connectivity index (χ3n) is 4.09. The fourth-order valence-corrected chi connectivity index (χ4v) is 2.63. The van der Waals surface area contributed by atoms with Crippen LogP contribution in [-0.4, -0.2) is 22.7 Å². The molecule has 5 heteroatoms. The molecule has 2 aromatic carbocycles. The van der Waals surface area contributed by atoms with E-state index in [4.69, 9.17) is 0 Å². The van der Waals surface area contributed by atoms with E-state index in [0.29, 0.717) is 5.69 Å². The van der Waals surface area contributed by atoms with Crippen LogP contribution in [0.25, 0.3) is 11.3 Å². The summed E-state index contributed by atoms with van der Waals surface area (Å²) in [6.07, 6.45) is 0. The van der Waals surface area contributed by atoms with E-state index in [1.165, 1.54) is 15.6 Å². The molecular formula is C20H19N3O2. The third kappa shape index (κ3) is 3.50. The molecule has 1 aromatic heterocycles. The lowest BCUT2D eigenvalue weighted by Crippen LogP contribution is -2.38. The van der Waals surface area contributed by atoms with Crippen molar-refractivity contribution >= 4 is 11.6 Å². The molecule has 0 fully saturated rings. The molecule has 3 aromatic rings. The van der Waals surface area contributed by atoms with Gasteiger partial charge in [0, 0.05) is 24.4 Å². The van der Waals surface area contributed by atoms with E-state index in [1.54, 1.807) is 20.0 Å². The van der Waals surface area contributed by atoms with Crippen molar-refractivity contribution in [2.24, 2.45) is 0 Å². The first-order chi connectivity index (χ1) is 12.1. The molecule has 1 unspecified atom stereocenters. The predicted molar refractivity (Wildman–Crippen MR) is 98.5 cm³/mol. The van der Waals surface area contributed by atoms with Crippen molar-refractivity contribution in [2.45, 2.75) is 13.0 Å². The second-order valence-electron chi connectivity index (χ2n) is 5.78. The number of benzene rings is 2. The van der Waals surface area contributed by atoms with Crippen LogP contribution < -0.4 is 10.5 Å². The average Bonchev–Trinajstić information content (AvgIpc) is 2.68. The maximum atomic E-state index is 12.8. The van der Waals surface area contributed by atoms with Crippen LogP contribution in [0.2, 0.25) is 0 Å². The van der Waals surface area contributed by atoms with E-state index >= 15 is 0 Å². The third-order valence-corrected chi connectivity index (χ3v) is 4.09. The number of carbonyl (C=O) groups excluding carboxylic acids is 1. The summed E-state index contributed by atoms with van der Waals surface area (Å²) >= 11 is 0. The number of likely N-dealkylation sites (N-methyl/N-ethyl adjacent to an activating group) is 1. The van der Waals surface area contributed by atoms with Gasteiger partial charge in [0.05, 0.1) is 5.69 Å². The van der Waals surface area contributed by atoms with Gasteiger partial charge < -0.3 is 4.90 Å². The monoisotopic (exact) mass is 333 g/mol. The van der Waals surface area contributed by atoms with Crippen molar-refractivity contribution < 1.29 is 4.79 Å². The number of rotatable bonds is 4. The van der Waals surface area contributed by atoms with Gasteiger partial charge in [0.2, 0.25) is 0 Å². The lowest BCUT2D eigenvalue weighted by molar-refractivity contribution is -0.121. The van der Waals surface area contributed by atoms with E-state index in [1.807, 2.05) is 60.7 Å². The molecule has 1 atom stereocenters. The number of para-hydroxylation sites is 1. The molecule has 3 rings (SSSR count). The van der Waals surface area contributed by atoms with Crippen molar-refractivity contribution in [2.75, 3.05) is 11.9 Å². The van der Waals surface area contributed by atoms with Crippen molar-refractivity contribution in [1.82, 2.24) is 9.78 Å². The van der Waals surface area contributed by atoms with Gasteiger partial charge in [0.25, 0.3) is 11.5 Å². The zero-order valence-corrected chi connectivity index (χ0v) is 14.2. The van der Waals surface area contributed by atoms with E-state index in [-0.39, 0.29) is 11.5 Å². The fourth-order valence-electron chi connectivity index (χ4n) is 2.63. The lowest BCUT2D eigenvalue weighted by atomic mass is 10.1. The van der Waals surface area contributed by atoms with Gasteiger partial charge in [-0.15, -0.1) is 0 Å². The summed E-state index contributed by atoms with van der Waals surface area (Å²) < 4.78 is 1.24. The molecule has 0 aliphatic heterocycles. The van der Waals surface area contributed by atoms with Gasteiger partial charge in [-0.05, 0) is 25.1 Å². The van der Waals surface area contributed by atoms with Crippen molar-refractivity contribution in [3.05, 3.63) is 83.2 Å². The molecular weight excluding hydrogens is 314 g/mol. The maximum absolute atomic E-state index is 12.8. The highest BCUT2D eigenvalue weighted by molar-refractivity contribution is 5.95. The second-order valence-corrected chi connectivity index (χ2v) is 5.78. The molecule has 126 valence electrons. The molecule has 5 nitrogen and oxygen atoms in total. The molecule has 0 saturated heterocycles. The van der Waals surface area contributed by atoms with E-state index in [2.05, 4.69) is 5.10 Å². The first-order valence-electron chi connectivity index (χ1n) is 8.06. The molecule has 0 N–H and O–H groups in total. The predicted octanol–water partition coefficient (Wildman–Crippen LogP) is 3.13. The Hall–Kier alpha value is -3.21. The second kappa shape index (κ2) is 7.13. The number of nitrogens with zero attached hydrogens (tertiary/aromatic N) is 3. The van der Waals surface area contributed by atoms with Crippen LogP contribution in [0.1, 0.15) is 13.0 Å². The van der Waals surface area contributed by atoms with Crippen molar-refractivity contribution in [1.29, 1.82) is 0 Å². The zero-order valence-electron chi connectivity index (χ0n) is 14.2. The molecule has 1 heterocycles. The molecule has 1 amide bonds. The van der Waals surface area contributed by atoms with Crippen molar-refractivity contribution in [3.8, 4) is 11.3 Å². The van der Waals surface area contributed by atoms with Gasteiger partial charge in [0.15, 0.2) is 0 Å². The van der Waals surface area contributed by atoms with E-state index in [0.717, 1.165) is 11.3 Å². The topological polar surface area (TPSA) is 55.2 Å². The normalized spacial score (nSPS) is 11.8. The largest absolute Gasteiger partial charge is 0.314 e. The van der Waals surface area contributed by atoms with Crippen LogP contribution in [-0.2, 0) is 4.79 Å². The van der Waals surface area contributed by atoms with Crippen LogP contribution >= 0.6 is 0 Å². The lowest BCUT2D eigenvalue weighted by Gasteiger charge is -2.22. The Morgan fingerprint density at radius 1 is 0.960 bits per heavy atom. The summed E-state index contributed by atoms with van der Waals surface area (Å²) in [5, 5.41) is 4.40. The summed E-state index contributed by atoms with van der Waals surface area (Å²) in [5.41, 5.74) is 2.02. The minimum atomic E-state index is -0.707. The highest BCUT2D eigenvalue weighted by Crippen LogP contribution is 2.18. The molecule has 0 bridgehead atoms.